The number of amides is 2. The molecule has 5 nitrogen and oxygen atoms in total. The zero-order chi connectivity index (χ0) is 23.1. The minimum absolute atomic E-state index is 0.0184. The summed E-state index contributed by atoms with van der Waals surface area (Å²) in [6.07, 6.45) is -3.83. The van der Waals surface area contributed by atoms with Gasteiger partial charge in [-0.05, 0) is 61.8 Å². The molecule has 1 saturated heterocycles. The summed E-state index contributed by atoms with van der Waals surface area (Å²) in [4.78, 5) is 16.9. The molecule has 0 bridgehead atoms. The van der Waals surface area contributed by atoms with Gasteiger partial charge >= 0.3 is 12.5 Å². The van der Waals surface area contributed by atoms with Crippen molar-refractivity contribution in [1.82, 2.24) is 15.1 Å². The standard InChI is InChI=1S/C23H27F4N3O2/c1-29-12-2-3-19(29)15-30(14-17-4-8-18(24)9-5-17)23(31)28-13-16-6-10-20(11-7-16)32-22(27)21(25)26/h4-11,19,21-22H,2-3,12-15H2,1H3,(H,28,31). The zero-order valence-corrected chi connectivity index (χ0v) is 17.8. The number of alkyl halides is 3. The van der Waals surface area contributed by atoms with Gasteiger partial charge in [-0.15, -0.1) is 0 Å². The Kier molecular flexibility index (Phi) is 8.33. The molecule has 174 valence electrons. The van der Waals surface area contributed by atoms with Crippen molar-refractivity contribution in [1.29, 1.82) is 0 Å². The Morgan fingerprint density at radius 1 is 1.12 bits per heavy atom. The monoisotopic (exact) mass is 453 g/mol. The molecule has 0 radical (unpaired) electrons. The maximum atomic E-state index is 13.2. The number of benzene rings is 2. The summed E-state index contributed by atoms with van der Waals surface area (Å²) in [6.45, 7) is 2.07. The molecular weight excluding hydrogens is 426 g/mol. The normalized spacial score (nSPS) is 17.4. The van der Waals surface area contributed by atoms with Crippen molar-refractivity contribution in [2.75, 3.05) is 20.1 Å². The summed E-state index contributed by atoms with van der Waals surface area (Å²) < 4.78 is 55.2. The Bertz CT molecular complexity index is 865. The minimum atomic E-state index is -3.22. The van der Waals surface area contributed by atoms with Crippen LogP contribution in [0.2, 0.25) is 0 Å². The molecule has 0 aromatic heterocycles. The second-order valence-corrected chi connectivity index (χ2v) is 7.89. The van der Waals surface area contributed by atoms with Gasteiger partial charge in [0, 0.05) is 25.7 Å². The number of carbonyl (C=O) groups excluding carboxylic acids is 1. The Hall–Kier alpha value is -2.81. The molecule has 1 aliphatic heterocycles. The first-order valence-corrected chi connectivity index (χ1v) is 10.5. The number of nitrogens with zero attached hydrogens (tertiary/aromatic N) is 2. The van der Waals surface area contributed by atoms with Crippen molar-refractivity contribution < 1.29 is 27.1 Å². The minimum Gasteiger partial charge on any atom is -0.454 e. The average molecular weight is 453 g/mol. The van der Waals surface area contributed by atoms with E-state index in [1.807, 2.05) is 7.05 Å². The molecule has 2 atom stereocenters. The number of nitrogens with one attached hydrogen (secondary N) is 1. The van der Waals surface area contributed by atoms with Gasteiger partial charge in [0.15, 0.2) is 0 Å². The number of urea groups is 1. The lowest BCUT2D eigenvalue weighted by Crippen LogP contribution is -2.45. The average Bonchev–Trinajstić information content (AvgIpc) is 3.18. The highest BCUT2D eigenvalue weighted by molar-refractivity contribution is 5.74. The van der Waals surface area contributed by atoms with Gasteiger partial charge in [-0.3, -0.25) is 0 Å². The maximum absolute atomic E-state index is 13.2. The van der Waals surface area contributed by atoms with E-state index in [-0.39, 0.29) is 30.2 Å². The molecule has 0 saturated carbocycles. The van der Waals surface area contributed by atoms with Crippen LogP contribution in [-0.4, -0.2) is 54.8 Å². The molecule has 3 rings (SSSR count). The molecule has 2 unspecified atom stereocenters. The van der Waals surface area contributed by atoms with Gasteiger partial charge in [0.1, 0.15) is 11.6 Å². The Morgan fingerprint density at radius 3 is 2.38 bits per heavy atom. The van der Waals surface area contributed by atoms with Crippen LogP contribution in [0.25, 0.3) is 0 Å². The van der Waals surface area contributed by atoms with E-state index >= 15 is 0 Å². The molecule has 1 aliphatic rings. The molecule has 2 amide bonds. The number of hydrogen-bond acceptors (Lipinski definition) is 3. The predicted octanol–water partition coefficient (Wildman–Crippen LogP) is 4.57. The van der Waals surface area contributed by atoms with Crippen LogP contribution in [0.4, 0.5) is 22.4 Å². The number of hydrogen-bond donors (Lipinski definition) is 1. The maximum Gasteiger partial charge on any atom is 0.318 e. The number of carbonyl (C=O) groups is 1. The highest BCUT2D eigenvalue weighted by Gasteiger charge is 2.26. The second kappa shape index (κ2) is 11.2. The number of halogens is 4. The quantitative estimate of drug-likeness (QED) is 0.566. The molecule has 1 heterocycles. The van der Waals surface area contributed by atoms with E-state index in [1.165, 1.54) is 24.3 Å². The number of ether oxygens (including phenoxy) is 1. The van der Waals surface area contributed by atoms with Crippen molar-refractivity contribution in [3.8, 4) is 5.75 Å². The van der Waals surface area contributed by atoms with Crippen molar-refractivity contribution in [2.24, 2.45) is 0 Å². The molecular formula is C23H27F4N3O2. The lowest BCUT2D eigenvalue weighted by Gasteiger charge is -2.29. The predicted molar refractivity (Wildman–Crippen MR) is 113 cm³/mol. The van der Waals surface area contributed by atoms with Crippen molar-refractivity contribution in [3.63, 3.8) is 0 Å². The first kappa shape index (κ1) is 23.8. The van der Waals surface area contributed by atoms with Crippen LogP contribution in [0, 0.1) is 5.82 Å². The van der Waals surface area contributed by atoms with Gasteiger partial charge in [0.05, 0.1) is 0 Å². The number of likely N-dealkylation sites (tertiary alicyclic amines) is 1. The van der Waals surface area contributed by atoms with Gasteiger partial charge < -0.3 is 19.9 Å². The lowest BCUT2D eigenvalue weighted by molar-refractivity contribution is -0.0669. The third kappa shape index (κ3) is 6.85. The molecule has 32 heavy (non-hydrogen) atoms. The van der Waals surface area contributed by atoms with Gasteiger partial charge in [-0.25, -0.2) is 18.0 Å². The number of rotatable bonds is 9. The summed E-state index contributed by atoms with van der Waals surface area (Å²) in [6, 6.07) is 11.9. The molecule has 0 aliphatic carbocycles. The SMILES string of the molecule is CN1CCCC1CN(Cc1ccc(F)cc1)C(=O)NCc1ccc(OC(F)C(F)F)cc1. The van der Waals surface area contributed by atoms with Crippen molar-refractivity contribution in [3.05, 3.63) is 65.5 Å². The third-order valence-electron chi connectivity index (χ3n) is 5.49. The fourth-order valence-corrected chi connectivity index (χ4v) is 3.65. The van der Waals surface area contributed by atoms with Crippen LogP contribution in [0.5, 0.6) is 5.75 Å². The van der Waals surface area contributed by atoms with Crippen LogP contribution in [-0.2, 0) is 13.1 Å². The number of likely N-dealkylation sites (N-methyl/N-ethyl adjacent to an activating group) is 1. The summed E-state index contributed by atoms with van der Waals surface area (Å²) >= 11 is 0. The van der Waals surface area contributed by atoms with E-state index in [4.69, 9.17) is 0 Å². The van der Waals surface area contributed by atoms with E-state index in [9.17, 15) is 22.4 Å². The molecule has 1 fully saturated rings. The topological polar surface area (TPSA) is 44.8 Å². The Balaban J connectivity index is 1.60. The van der Waals surface area contributed by atoms with E-state index in [1.54, 1.807) is 29.2 Å². The smallest absolute Gasteiger partial charge is 0.318 e. The van der Waals surface area contributed by atoms with E-state index < -0.39 is 12.8 Å². The lowest BCUT2D eigenvalue weighted by atomic mass is 10.1. The van der Waals surface area contributed by atoms with E-state index in [0.717, 1.165) is 24.9 Å². The molecule has 2 aromatic rings. The summed E-state index contributed by atoms with van der Waals surface area (Å²) in [5, 5.41) is 2.86. The second-order valence-electron chi connectivity index (χ2n) is 7.89. The summed E-state index contributed by atoms with van der Waals surface area (Å²) in [5.41, 5.74) is 1.53. The van der Waals surface area contributed by atoms with Gasteiger partial charge in [-0.2, -0.15) is 4.39 Å². The fourth-order valence-electron chi connectivity index (χ4n) is 3.65. The summed E-state index contributed by atoms with van der Waals surface area (Å²) in [7, 11) is 2.03. The Labute approximate surface area is 185 Å². The van der Waals surface area contributed by atoms with Crippen LogP contribution in [0.3, 0.4) is 0 Å². The van der Waals surface area contributed by atoms with Gasteiger partial charge in [0.2, 0.25) is 0 Å². The summed E-state index contributed by atoms with van der Waals surface area (Å²) in [5.74, 6) is -0.351. The van der Waals surface area contributed by atoms with Crippen LogP contribution < -0.4 is 10.1 Å². The van der Waals surface area contributed by atoms with Crippen LogP contribution >= 0.6 is 0 Å². The van der Waals surface area contributed by atoms with Gasteiger partial charge in [0.25, 0.3) is 6.36 Å². The van der Waals surface area contributed by atoms with Crippen LogP contribution in [0.15, 0.2) is 48.5 Å². The van der Waals surface area contributed by atoms with Crippen molar-refractivity contribution in [2.45, 2.75) is 44.8 Å². The molecule has 9 heteroatoms. The van der Waals surface area contributed by atoms with Crippen LogP contribution in [0.1, 0.15) is 24.0 Å². The molecule has 0 spiro atoms. The molecule has 2 aromatic carbocycles. The first-order valence-electron chi connectivity index (χ1n) is 10.5. The highest BCUT2D eigenvalue weighted by Crippen LogP contribution is 2.19. The van der Waals surface area contributed by atoms with Gasteiger partial charge in [-0.1, -0.05) is 24.3 Å². The fraction of sp³-hybridized carbons (Fsp3) is 0.435. The third-order valence-corrected chi connectivity index (χ3v) is 5.49. The zero-order valence-electron chi connectivity index (χ0n) is 17.8. The van der Waals surface area contributed by atoms with E-state index in [0.29, 0.717) is 18.7 Å². The Morgan fingerprint density at radius 2 is 1.78 bits per heavy atom. The van der Waals surface area contributed by atoms with Crippen molar-refractivity contribution >= 4 is 6.03 Å². The van der Waals surface area contributed by atoms with E-state index in [2.05, 4.69) is 15.0 Å². The molecule has 1 N–H and O–H groups in total. The highest BCUT2D eigenvalue weighted by atomic mass is 19.3. The first-order chi connectivity index (χ1) is 15.3. The largest absolute Gasteiger partial charge is 0.454 e.